The van der Waals surface area contributed by atoms with E-state index in [-0.39, 0.29) is 0 Å². The molecule has 0 aromatic rings. The van der Waals surface area contributed by atoms with Gasteiger partial charge in [-0.15, -0.1) is 0 Å². The average molecular weight is 213 g/mol. The van der Waals surface area contributed by atoms with Crippen LogP contribution in [0.15, 0.2) is 0 Å². The molecule has 0 spiro atoms. The van der Waals surface area contributed by atoms with Crippen molar-refractivity contribution in [1.29, 1.82) is 5.26 Å². The van der Waals surface area contributed by atoms with Gasteiger partial charge in [-0.05, 0) is 33.1 Å². The molecule has 0 amide bonds. The molecule has 0 saturated heterocycles. The van der Waals surface area contributed by atoms with Crippen LogP contribution in [0.5, 0.6) is 0 Å². The molecule has 1 rings (SSSR count). The molecular formula is C11H19NO3. The summed E-state index contributed by atoms with van der Waals surface area (Å²) in [7, 11) is 0. The second-order valence-corrected chi connectivity index (χ2v) is 3.80. The Labute approximate surface area is 90.8 Å². The minimum atomic E-state index is -1.50. The normalized spacial score (nSPS) is 29.7. The van der Waals surface area contributed by atoms with Gasteiger partial charge in [-0.25, -0.2) is 0 Å². The van der Waals surface area contributed by atoms with E-state index in [4.69, 9.17) is 14.7 Å². The van der Waals surface area contributed by atoms with Gasteiger partial charge in [0.05, 0.1) is 0 Å². The molecule has 0 aromatic heterocycles. The minimum Gasteiger partial charge on any atom is -0.371 e. The summed E-state index contributed by atoms with van der Waals surface area (Å²) in [5, 5.41) is 19.3. The van der Waals surface area contributed by atoms with Crippen molar-refractivity contribution < 1.29 is 14.6 Å². The van der Waals surface area contributed by atoms with Crippen molar-refractivity contribution in [3.05, 3.63) is 0 Å². The highest BCUT2D eigenvalue weighted by atomic mass is 16.7. The number of hydrogen-bond donors (Lipinski definition) is 1. The van der Waals surface area contributed by atoms with Crippen LogP contribution < -0.4 is 0 Å². The van der Waals surface area contributed by atoms with Crippen molar-refractivity contribution in [1.82, 2.24) is 0 Å². The number of nitrogens with zero attached hydrogens (tertiary/aromatic N) is 1. The number of aliphatic hydroxyl groups is 1. The topological polar surface area (TPSA) is 62.5 Å². The Balaban J connectivity index is 2.94. The maximum atomic E-state index is 10.2. The Morgan fingerprint density at radius 3 is 2.20 bits per heavy atom. The Morgan fingerprint density at radius 1 is 1.20 bits per heavy atom. The molecular weight excluding hydrogens is 194 g/mol. The Morgan fingerprint density at radius 2 is 1.73 bits per heavy atom. The van der Waals surface area contributed by atoms with Crippen molar-refractivity contribution in [2.75, 3.05) is 13.2 Å². The molecule has 0 heterocycles. The average Bonchev–Trinajstić information content (AvgIpc) is 2.23. The second kappa shape index (κ2) is 4.93. The fourth-order valence-electron chi connectivity index (χ4n) is 2.17. The van der Waals surface area contributed by atoms with Gasteiger partial charge in [0.1, 0.15) is 6.07 Å². The van der Waals surface area contributed by atoms with E-state index in [9.17, 15) is 5.11 Å². The fraction of sp³-hybridized carbons (Fsp3) is 0.909. The lowest BCUT2D eigenvalue weighted by Crippen LogP contribution is -2.59. The van der Waals surface area contributed by atoms with E-state index in [2.05, 4.69) is 0 Å². The monoisotopic (exact) mass is 213 g/mol. The summed E-state index contributed by atoms with van der Waals surface area (Å²) in [4.78, 5) is 0. The molecule has 0 aliphatic heterocycles. The predicted molar refractivity (Wildman–Crippen MR) is 55.0 cm³/mol. The van der Waals surface area contributed by atoms with Crippen LogP contribution in [-0.2, 0) is 9.47 Å². The Hall–Kier alpha value is -0.630. The summed E-state index contributed by atoms with van der Waals surface area (Å²) < 4.78 is 11.0. The van der Waals surface area contributed by atoms with Gasteiger partial charge in [0.2, 0.25) is 11.4 Å². The van der Waals surface area contributed by atoms with E-state index in [0.717, 1.165) is 12.8 Å². The summed E-state index contributed by atoms with van der Waals surface area (Å²) in [6, 6.07) is 1.95. The summed E-state index contributed by atoms with van der Waals surface area (Å²) in [6.45, 7) is 4.55. The van der Waals surface area contributed by atoms with E-state index in [1.807, 2.05) is 19.9 Å². The zero-order valence-corrected chi connectivity index (χ0v) is 9.45. The van der Waals surface area contributed by atoms with E-state index in [1.165, 1.54) is 0 Å². The van der Waals surface area contributed by atoms with Gasteiger partial charge < -0.3 is 14.6 Å². The molecule has 1 aliphatic carbocycles. The molecule has 86 valence electrons. The van der Waals surface area contributed by atoms with Gasteiger partial charge in [0.25, 0.3) is 0 Å². The van der Waals surface area contributed by atoms with Crippen molar-refractivity contribution >= 4 is 0 Å². The van der Waals surface area contributed by atoms with Crippen molar-refractivity contribution in [3.63, 3.8) is 0 Å². The van der Waals surface area contributed by atoms with Crippen LogP contribution in [-0.4, -0.2) is 29.7 Å². The maximum absolute atomic E-state index is 10.2. The highest BCUT2D eigenvalue weighted by Gasteiger charge is 2.54. The molecule has 4 heteroatoms. The lowest BCUT2D eigenvalue weighted by atomic mass is 9.80. The highest BCUT2D eigenvalue weighted by molar-refractivity contribution is 5.12. The van der Waals surface area contributed by atoms with Gasteiger partial charge in [-0.2, -0.15) is 5.26 Å². The first-order chi connectivity index (χ1) is 7.14. The molecule has 4 nitrogen and oxygen atoms in total. The molecule has 1 fully saturated rings. The quantitative estimate of drug-likeness (QED) is 0.569. The predicted octanol–water partition coefficient (Wildman–Crippen LogP) is 1.58. The third-order valence-electron chi connectivity index (χ3n) is 2.86. The third kappa shape index (κ3) is 2.15. The van der Waals surface area contributed by atoms with Gasteiger partial charge in [0, 0.05) is 19.6 Å². The lowest BCUT2D eigenvalue weighted by Gasteiger charge is -2.45. The molecule has 0 aromatic carbocycles. The molecule has 1 saturated carbocycles. The van der Waals surface area contributed by atoms with Crippen LogP contribution in [0.1, 0.15) is 39.5 Å². The summed E-state index contributed by atoms with van der Waals surface area (Å²) in [6.07, 6.45) is 2.76. The van der Waals surface area contributed by atoms with Crippen LogP contribution >= 0.6 is 0 Å². The van der Waals surface area contributed by atoms with E-state index >= 15 is 0 Å². The summed E-state index contributed by atoms with van der Waals surface area (Å²) in [5.74, 6) is -1.12. The van der Waals surface area contributed by atoms with Crippen molar-refractivity contribution in [2.24, 2.45) is 0 Å². The smallest absolute Gasteiger partial charge is 0.211 e. The Kier molecular flexibility index (Phi) is 4.09. The van der Waals surface area contributed by atoms with Gasteiger partial charge in [0.15, 0.2) is 0 Å². The zero-order chi connectivity index (χ0) is 11.4. The molecule has 0 unspecified atom stereocenters. The van der Waals surface area contributed by atoms with Gasteiger partial charge >= 0.3 is 0 Å². The zero-order valence-electron chi connectivity index (χ0n) is 9.45. The first kappa shape index (κ1) is 12.4. The number of nitriles is 1. The van der Waals surface area contributed by atoms with Gasteiger partial charge in [-0.1, -0.05) is 0 Å². The van der Waals surface area contributed by atoms with Crippen LogP contribution in [0, 0.1) is 11.3 Å². The van der Waals surface area contributed by atoms with Crippen molar-refractivity contribution in [3.8, 4) is 6.07 Å². The second-order valence-electron chi connectivity index (χ2n) is 3.80. The maximum Gasteiger partial charge on any atom is 0.211 e. The van der Waals surface area contributed by atoms with E-state index in [0.29, 0.717) is 26.1 Å². The van der Waals surface area contributed by atoms with Crippen LogP contribution in [0.4, 0.5) is 0 Å². The van der Waals surface area contributed by atoms with E-state index in [1.54, 1.807) is 0 Å². The lowest BCUT2D eigenvalue weighted by molar-refractivity contribution is -0.315. The summed E-state index contributed by atoms with van der Waals surface area (Å²) in [5.41, 5.74) is -1.50. The summed E-state index contributed by atoms with van der Waals surface area (Å²) >= 11 is 0. The molecule has 1 aliphatic rings. The molecule has 0 radical (unpaired) electrons. The highest BCUT2D eigenvalue weighted by Crippen LogP contribution is 2.40. The third-order valence-corrected chi connectivity index (χ3v) is 2.86. The number of rotatable bonds is 4. The van der Waals surface area contributed by atoms with Crippen molar-refractivity contribution in [2.45, 2.75) is 50.9 Å². The first-order valence-corrected chi connectivity index (χ1v) is 5.55. The fourth-order valence-corrected chi connectivity index (χ4v) is 2.17. The van der Waals surface area contributed by atoms with Crippen LogP contribution in [0.25, 0.3) is 0 Å². The Bertz CT molecular complexity index is 237. The molecule has 15 heavy (non-hydrogen) atoms. The SMILES string of the molecule is CCOC1(OCC)CCCC[C@]1(O)C#N. The molecule has 1 atom stereocenters. The number of ether oxygens (including phenoxy) is 2. The van der Waals surface area contributed by atoms with Crippen LogP contribution in [0.3, 0.4) is 0 Å². The first-order valence-electron chi connectivity index (χ1n) is 5.55. The van der Waals surface area contributed by atoms with Crippen LogP contribution in [0.2, 0.25) is 0 Å². The minimum absolute atomic E-state index is 0.420. The molecule has 0 bridgehead atoms. The number of hydrogen-bond acceptors (Lipinski definition) is 4. The van der Waals surface area contributed by atoms with Gasteiger partial charge in [-0.3, -0.25) is 0 Å². The standard InChI is InChI=1S/C11H19NO3/c1-3-14-11(15-4-2)8-6-5-7-10(11,13)9-12/h13H,3-8H2,1-2H3/t10-/m0/s1. The largest absolute Gasteiger partial charge is 0.371 e. The van der Waals surface area contributed by atoms with E-state index < -0.39 is 11.4 Å². The molecule has 1 N–H and O–H groups in total.